The molecule has 0 amide bonds. The normalized spacial score (nSPS) is 16.9. The third-order valence-electron chi connectivity index (χ3n) is 3.55. The largest absolute Gasteiger partial charge is 0.491 e. The predicted octanol–water partition coefficient (Wildman–Crippen LogP) is 2.58. The molecule has 1 aromatic carbocycles. The van der Waals surface area contributed by atoms with Gasteiger partial charge in [0.25, 0.3) is 0 Å². The highest BCUT2D eigenvalue weighted by Crippen LogP contribution is 2.34. The van der Waals surface area contributed by atoms with E-state index in [2.05, 4.69) is 34.5 Å². The highest BCUT2D eigenvalue weighted by Gasteiger charge is 2.24. The number of fused-ring (bicyclic) bond motifs is 2. The highest BCUT2D eigenvalue weighted by molar-refractivity contribution is 5.53. The summed E-state index contributed by atoms with van der Waals surface area (Å²) in [7, 11) is 0. The van der Waals surface area contributed by atoms with E-state index in [0.29, 0.717) is 6.61 Å². The van der Waals surface area contributed by atoms with Crippen molar-refractivity contribution in [3.8, 4) is 5.75 Å². The Labute approximate surface area is 116 Å². The van der Waals surface area contributed by atoms with Crippen molar-refractivity contribution in [3.05, 3.63) is 53.9 Å². The van der Waals surface area contributed by atoms with Crippen molar-refractivity contribution in [3.63, 3.8) is 0 Å². The number of anilines is 1. The Morgan fingerprint density at radius 3 is 3.15 bits per heavy atom. The first-order chi connectivity index (χ1) is 9.81. The molecule has 0 bridgehead atoms. The summed E-state index contributed by atoms with van der Waals surface area (Å²) in [6, 6.07) is 12.3. The van der Waals surface area contributed by atoms with Crippen molar-refractivity contribution in [2.45, 2.75) is 13.0 Å². The van der Waals surface area contributed by atoms with Crippen LogP contribution in [0.25, 0.3) is 5.65 Å². The topological polar surface area (TPSA) is 51.5 Å². The quantitative estimate of drug-likeness (QED) is 0.774. The zero-order valence-corrected chi connectivity index (χ0v) is 11.1. The lowest BCUT2D eigenvalue weighted by Gasteiger charge is -2.14. The molecule has 1 N–H and O–H groups in total. The minimum atomic E-state index is 0.139. The number of hydrogen-bond acceptors (Lipinski definition) is 4. The van der Waals surface area contributed by atoms with Crippen LogP contribution in [-0.4, -0.2) is 21.2 Å². The minimum absolute atomic E-state index is 0.139. The Morgan fingerprint density at radius 2 is 2.20 bits per heavy atom. The Morgan fingerprint density at radius 1 is 1.30 bits per heavy atom. The molecule has 0 spiro atoms. The van der Waals surface area contributed by atoms with Crippen molar-refractivity contribution in [1.29, 1.82) is 0 Å². The molecule has 3 heterocycles. The van der Waals surface area contributed by atoms with Crippen LogP contribution < -0.4 is 10.1 Å². The van der Waals surface area contributed by atoms with Gasteiger partial charge in [0.05, 0.1) is 6.04 Å². The van der Waals surface area contributed by atoms with E-state index >= 15 is 0 Å². The third-order valence-corrected chi connectivity index (χ3v) is 3.55. The van der Waals surface area contributed by atoms with Crippen LogP contribution in [0.3, 0.4) is 0 Å². The van der Waals surface area contributed by atoms with Crippen LogP contribution in [0.4, 0.5) is 5.82 Å². The maximum atomic E-state index is 5.70. The fourth-order valence-corrected chi connectivity index (χ4v) is 2.62. The van der Waals surface area contributed by atoms with E-state index in [4.69, 9.17) is 4.74 Å². The van der Waals surface area contributed by atoms with Gasteiger partial charge in [0.15, 0.2) is 5.65 Å². The Kier molecular flexibility index (Phi) is 2.39. The molecule has 0 saturated carbocycles. The monoisotopic (exact) mass is 266 g/mol. The van der Waals surface area contributed by atoms with Crippen LogP contribution in [0, 0.1) is 6.92 Å². The van der Waals surface area contributed by atoms with Gasteiger partial charge >= 0.3 is 0 Å². The lowest BCUT2D eigenvalue weighted by atomic mass is 10.1. The first-order valence-electron chi connectivity index (χ1n) is 6.60. The average molecular weight is 266 g/mol. The molecule has 1 aliphatic rings. The second-order valence-corrected chi connectivity index (χ2v) is 4.99. The minimum Gasteiger partial charge on any atom is -0.491 e. The fourth-order valence-electron chi connectivity index (χ4n) is 2.62. The molecule has 4 rings (SSSR count). The fraction of sp³-hybridized carbons (Fsp3) is 0.200. The van der Waals surface area contributed by atoms with Gasteiger partial charge in [0, 0.05) is 5.56 Å². The van der Waals surface area contributed by atoms with E-state index in [1.54, 1.807) is 6.33 Å². The van der Waals surface area contributed by atoms with E-state index in [1.165, 1.54) is 5.56 Å². The summed E-state index contributed by atoms with van der Waals surface area (Å²) < 4.78 is 7.51. The molecule has 1 aliphatic heterocycles. The molecule has 5 nitrogen and oxygen atoms in total. The first-order valence-corrected chi connectivity index (χ1v) is 6.60. The predicted molar refractivity (Wildman–Crippen MR) is 76.0 cm³/mol. The number of aryl methyl sites for hydroxylation is 1. The molecule has 0 saturated heterocycles. The number of pyridine rings is 1. The summed E-state index contributed by atoms with van der Waals surface area (Å²) in [6.07, 6.45) is 1.57. The van der Waals surface area contributed by atoms with Crippen molar-refractivity contribution in [2.75, 3.05) is 11.9 Å². The first kappa shape index (κ1) is 11.3. The number of para-hydroxylation sites is 1. The molecule has 0 fully saturated rings. The maximum Gasteiger partial charge on any atom is 0.157 e. The van der Waals surface area contributed by atoms with Crippen molar-refractivity contribution in [1.82, 2.24) is 14.6 Å². The van der Waals surface area contributed by atoms with E-state index < -0.39 is 0 Å². The smallest absolute Gasteiger partial charge is 0.157 e. The van der Waals surface area contributed by atoms with Gasteiger partial charge in [-0.05, 0) is 30.7 Å². The number of nitrogens with zero attached hydrogens (tertiary/aromatic N) is 3. The highest BCUT2D eigenvalue weighted by atomic mass is 16.5. The van der Waals surface area contributed by atoms with Crippen molar-refractivity contribution < 1.29 is 4.74 Å². The standard InChI is InChI=1S/C15H14N4O/c1-10-6-14-16-9-17-19(14)15(7-10)18-12-8-20-13-5-3-2-4-11(12)13/h2-7,9,12,18H,8H2,1H3. The van der Waals surface area contributed by atoms with Crippen LogP contribution in [0.15, 0.2) is 42.7 Å². The summed E-state index contributed by atoms with van der Waals surface area (Å²) in [5, 5.41) is 7.76. The van der Waals surface area contributed by atoms with Gasteiger partial charge in [-0.15, -0.1) is 0 Å². The number of aromatic nitrogens is 3. The third kappa shape index (κ3) is 1.71. The SMILES string of the molecule is Cc1cc(NC2COc3ccccc32)n2ncnc2c1. The molecule has 3 aromatic rings. The summed E-state index contributed by atoms with van der Waals surface area (Å²) in [5.74, 6) is 1.88. The summed E-state index contributed by atoms with van der Waals surface area (Å²) in [5.41, 5.74) is 3.18. The molecule has 2 aromatic heterocycles. The lowest BCUT2D eigenvalue weighted by Crippen LogP contribution is -2.14. The van der Waals surface area contributed by atoms with Gasteiger partial charge in [-0.25, -0.2) is 4.98 Å². The van der Waals surface area contributed by atoms with Gasteiger partial charge in [0.2, 0.25) is 0 Å². The number of nitrogens with one attached hydrogen (secondary N) is 1. The number of benzene rings is 1. The zero-order valence-electron chi connectivity index (χ0n) is 11.1. The molecule has 1 unspecified atom stereocenters. The Hall–Kier alpha value is -2.56. The van der Waals surface area contributed by atoms with E-state index in [-0.39, 0.29) is 6.04 Å². The van der Waals surface area contributed by atoms with Gasteiger partial charge < -0.3 is 10.1 Å². The molecular weight excluding hydrogens is 252 g/mol. The van der Waals surface area contributed by atoms with Gasteiger partial charge in [-0.1, -0.05) is 18.2 Å². The van der Waals surface area contributed by atoms with Gasteiger partial charge in [0.1, 0.15) is 24.5 Å². The zero-order chi connectivity index (χ0) is 13.5. The number of ether oxygens (including phenoxy) is 1. The van der Waals surface area contributed by atoms with E-state index in [9.17, 15) is 0 Å². The van der Waals surface area contributed by atoms with Gasteiger partial charge in [-0.3, -0.25) is 0 Å². The molecule has 20 heavy (non-hydrogen) atoms. The van der Waals surface area contributed by atoms with Crippen LogP contribution in [0.1, 0.15) is 17.2 Å². The summed E-state index contributed by atoms with van der Waals surface area (Å²) in [6.45, 7) is 2.68. The van der Waals surface area contributed by atoms with Crippen LogP contribution in [-0.2, 0) is 0 Å². The summed E-state index contributed by atoms with van der Waals surface area (Å²) in [4.78, 5) is 4.24. The van der Waals surface area contributed by atoms with Crippen LogP contribution in [0.5, 0.6) is 5.75 Å². The van der Waals surface area contributed by atoms with E-state index in [0.717, 1.165) is 22.8 Å². The number of hydrogen-bond donors (Lipinski definition) is 1. The van der Waals surface area contributed by atoms with E-state index in [1.807, 2.05) is 28.8 Å². The maximum absolute atomic E-state index is 5.70. The molecule has 0 aliphatic carbocycles. The lowest BCUT2D eigenvalue weighted by molar-refractivity contribution is 0.339. The van der Waals surface area contributed by atoms with Gasteiger partial charge in [-0.2, -0.15) is 9.61 Å². The molecule has 5 heteroatoms. The van der Waals surface area contributed by atoms with Crippen LogP contribution in [0.2, 0.25) is 0 Å². The Bertz CT molecular complexity index is 780. The van der Waals surface area contributed by atoms with Crippen molar-refractivity contribution >= 4 is 11.5 Å². The second kappa shape index (κ2) is 4.23. The Balaban J connectivity index is 1.74. The molecular formula is C15H14N4O. The second-order valence-electron chi connectivity index (χ2n) is 4.99. The summed E-state index contributed by atoms with van der Waals surface area (Å²) >= 11 is 0. The number of rotatable bonds is 2. The average Bonchev–Trinajstić information content (AvgIpc) is 3.06. The molecule has 0 radical (unpaired) electrons. The molecule has 1 atom stereocenters. The van der Waals surface area contributed by atoms with Crippen molar-refractivity contribution in [2.24, 2.45) is 0 Å². The van der Waals surface area contributed by atoms with Crippen LogP contribution >= 0.6 is 0 Å². The molecule has 100 valence electrons.